The summed E-state index contributed by atoms with van der Waals surface area (Å²) in [6.07, 6.45) is 7.52. The Bertz CT molecular complexity index is 711. The zero-order chi connectivity index (χ0) is 17.8. The molecule has 1 aromatic heterocycles. The summed E-state index contributed by atoms with van der Waals surface area (Å²) in [4.78, 5) is 7.05. The smallest absolute Gasteiger partial charge is 0.161 e. The second-order valence-electron chi connectivity index (χ2n) is 7.04. The van der Waals surface area contributed by atoms with Crippen LogP contribution in [-0.2, 0) is 20.0 Å². The highest BCUT2D eigenvalue weighted by Gasteiger charge is 2.22. The van der Waals surface area contributed by atoms with Gasteiger partial charge in [0.25, 0.3) is 0 Å². The summed E-state index contributed by atoms with van der Waals surface area (Å²) in [7, 11) is 5.46. The first kappa shape index (κ1) is 17.8. The van der Waals surface area contributed by atoms with Crippen molar-refractivity contribution >= 4 is 0 Å². The number of methoxy groups -OCH3 is 2. The van der Waals surface area contributed by atoms with E-state index in [1.807, 2.05) is 12.4 Å². The van der Waals surface area contributed by atoms with Crippen molar-refractivity contribution in [3.8, 4) is 11.5 Å². The monoisotopic (exact) mass is 343 g/mol. The molecule has 1 fully saturated rings. The van der Waals surface area contributed by atoms with Crippen LogP contribution >= 0.6 is 0 Å². The molecule has 0 amide bonds. The predicted octanol–water partition coefficient (Wildman–Crippen LogP) is 3.20. The molecule has 3 rings (SSSR count). The molecule has 1 saturated heterocycles. The lowest BCUT2D eigenvalue weighted by Crippen LogP contribution is -2.36. The number of nitrogens with zero attached hydrogens (tertiary/aromatic N) is 3. The third-order valence-corrected chi connectivity index (χ3v) is 5.23. The predicted molar refractivity (Wildman–Crippen MR) is 99.2 cm³/mol. The molecule has 0 saturated carbocycles. The summed E-state index contributed by atoms with van der Waals surface area (Å²) in [5, 5.41) is 0. The summed E-state index contributed by atoms with van der Waals surface area (Å²) in [5.74, 6) is 3.48. The number of aryl methyl sites for hydroxylation is 2. The maximum absolute atomic E-state index is 5.47. The van der Waals surface area contributed by atoms with Crippen LogP contribution in [0.3, 0.4) is 0 Å². The van der Waals surface area contributed by atoms with Crippen molar-refractivity contribution < 1.29 is 9.47 Å². The fourth-order valence-corrected chi connectivity index (χ4v) is 3.75. The van der Waals surface area contributed by atoms with Gasteiger partial charge in [0, 0.05) is 39.0 Å². The Morgan fingerprint density at radius 2 is 1.96 bits per heavy atom. The van der Waals surface area contributed by atoms with Gasteiger partial charge in [-0.25, -0.2) is 4.98 Å². The van der Waals surface area contributed by atoms with E-state index >= 15 is 0 Å². The van der Waals surface area contributed by atoms with Gasteiger partial charge in [-0.1, -0.05) is 0 Å². The average Bonchev–Trinajstić information content (AvgIpc) is 3.01. The lowest BCUT2D eigenvalue weighted by molar-refractivity contribution is 0.165. The van der Waals surface area contributed by atoms with Crippen molar-refractivity contribution in [2.75, 3.05) is 27.3 Å². The molecule has 5 nitrogen and oxygen atoms in total. The van der Waals surface area contributed by atoms with Crippen LogP contribution in [0.2, 0.25) is 0 Å². The number of hydrogen-bond acceptors (Lipinski definition) is 4. The van der Waals surface area contributed by atoms with Crippen molar-refractivity contribution in [3.63, 3.8) is 0 Å². The van der Waals surface area contributed by atoms with Crippen molar-refractivity contribution in [1.29, 1.82) is 0 Å². The summed E-state index contributed by atoms with van der Waals surface area (Å²) in [5.41, 5.74) is 2.57. The number of piperidine rings is 1. The SMILES string of the molecule is COc1cc(C)c(CN2CCC[C@H](Cc3nccn3C)C2)cc1OC. The fraction of sp³-hybridized carbons (Fsp3) is 0.550. The average molecular weight is 343 g/mol. The van der Waals surface area contributed by atoms with E-state index in [0.717, 1.165) is 37.6 Å². The van der Waals surface area contributed by atoms with E-state index in [9.17, 15) is 0 Å². The molecule has 0 N–H and O–H groups in total. The number of benzene rings is 1. The molecule has 2 heterocycles. The standard InChI is InChI=1S/C20H29N3O2/c1-15-10-18(24-3)19(25-4)12-17(15)14-23-8-5-6-16(13-23)11-20-21-7-9-22(20)2/h7,9-10,12,16H,5-6,8,11,13-14H2,1-4H3/t16-/m1/s1. The van der Waals surface area contributed by atoms with Crippen LogP contribution in [0.15, 0.2) is 24.5 Å². The molecule has 0 radical (unpaired) electrons. The maximum Gasteiger partial charge on any atom is 0.161 e. The molecule has 1 aliphatic rings. The number of rotatable bonds is 6. The number of aromatic nitrogens is 2. The fourth-order valence-electron chi connectivity index (χ4n) is 3.75. The Morgan fingerprint density at radius 1 is 1.20 bits per heavy atom. The van der Waals surface area contributed by atoms with E-state index in [1.54, 1.807) is 14.2 Å². The molecule has 25 heavy (non-hydrogen) atoms. The molecular weight excluding hydrogens is 314 g/mol. The first-order valence-corrected chi connectivity index (χ1v) is 9.00. The highest BCUT2D eigenvalue weighted by atomic mass is 16.5. The first-order chi connectivity index (χ1) is 12.1. The molecule has 1 aromatic carbocycles. The van der Waals surface area contributed by atoms with Gasteiger partial charge >= 0.3 is 0 Å². The van der Waals surface area contributed by atoms with Gasteiger partial charge in [0.1, 0.15) is 5.82 Å². The van der Waals surface area contributed by atoms with Gasteiger partial charge in [0.05, 0.1) is 14.2 Å². The minimum atomic E-state index is 0.676. The Balaban J connectivity index is 1.67. The molecular formula is C20H29N3O2. The zero-order valence-corrected chi connectivity index (χ0v) is 15.8. The summed E-state index contributed by atoms with van der Waals surface area (Å²) >= 11 is 0. The number of likely N-dealkylation sites (tertiary alicyclic amines) is 1. The third-order valence-electron chi connectivity index (χ3n) is 5.23. The van der Waals surface area contributed by atoms with E-state index in [0.29, 0.717) is 5.92 Å². The third kappa shape index (κ3) is 4.15. The van der Waals surface area contributed by atoms with E-state index in [2.05, 4.69) is 40.6 Å². The van der Waals surface area contributed by atoms with Crippen LogP contribution in [-0.4, -0.2) is 41.8 Å². The summed E-state index contributed by atoms with van der Waals surface area (Å²) in [6.45, 7) is 5.39. The summed E-state index contributed by atoms with van der Waals surface area (Å²) < 4.78 is 13.0. The Labute approximate surface area is 150 Å². The number of ether oxygens (including phenoxy) is 2. The molecule has 0 aliphatic carbocycles. The Hall–Kier alpha value is -2.01. The van der Waals surface area contributed by atoms with E-state index < -0.39 is 0 Å². The first-order valence-electron chi connectivity index (χ1n) is 9.00. The van der Waals surface area contributed by atoms with Gasteiger partial charge in [0.15, 0.2) is 11.5 Å². The molecule has 136 valence electrons. The van der Waals surface area contributed by atoms with Crippen LogP contribution in [0, 0.1) is 12.8 Å². The van der Waals surface area contributed by atoms with Crippen LogP contribution in [0.25, 0.3) is 0 Å². The van der Waals surface area contributed by atoms with Gasteiger partial charge in [-0.3, -0.25) is 4.90 Å². The lowest BCUT2D eigenvalue weighted by atomic mass is 9.93. The molecule has 5 heteroatoms. The quantitative estimate of drug-likeness (QED) is 0.807. The van der Waals surface area contributed by atoms with Gasteiger partial charge in [-0.2, -0.15) is 0 Å². The molecule has 1 atom stereocenters. The van der Waals surface area contributed by atoms with Gasteiger partial charge in [-0.05, 0) is 55.5 Å². The highest BCUT2D eigenvalue weighted by Crippen LogP contribution is 2.31. The second kappa shape index (κ2) is 7.91. The summed E-state index contributed by atoms with van der Waals surface area (Å²) in [6, 6.07) is 4.19. The number of imidazole rings is 1. The molecule has 1 aliphatic heterocycles. The van der Waals surface area contributed by atoms with Crippen molar-refractivity contribution in [2.24, 2.45) is 13.0 Å². The van der Waals surface area contributed by atoms with Crippen molar-refractivity contribution in [3.05, 3.63) is 41.5 Å². The minimum absolute atomic E-state index is 0.676. The lowest BCUT2D eigenvalue weighted by Gasteiger charge is -2.33. The largest absolute Gasteiger partial charge is 0.493 e. The number of hydrogen-bond donors (Lipinski definition) is 0. The van der Waals surface area contributed by atoms with E-state index in [-0.39, 0.29) is 0 Å². The topological polar surface area (TPSA) is 39.5 Å². The van der Waals surface area contributed by atoms with Crippen LogP contribution in [0.5, 0.6) is 11.5 Å². The van der Waals surface area contributed by atoms with Gasteiger partial charge in [-0.15, -0.1) is 0 Å². The maximum atomic E-state index is 5.47. The van der Waals surface area contributed by atoms with Crippen LogP contribution in [0.1, 0.15) is 29.8 Å². The zero-order valence-electron chi connectivity index (χ0n) is 15.8. The van der Waals surface area contributed by atoms with Crippen LogP contribution in [0.4, 0.5) is 0 Å². The van der Waals surface area contributed by atoms with Gasteiger partial charge in [0.2, 0.25) is 0 Å². The molecule has 0 unspecified atom stereocenters. The van der Waals surface area contributed by atoms with Crippen molar-refractivity contribution in [2.45, 2.75) is 32.7 Å². The Morgan fingerprint density at radius 3 is 2.64 bits per heavy atom. The van der Waals surface area contributed by atoms with Crippen molar-refractivity contribution in [1.82, 2.24) is 14.5 Å². The molecule has 2 aromatic rings. The van der Waals surface area contributed by atoms with E-state index in [4.69, 9.17) is 9.47 Å². The van der Waals surface area contributed by atoms with Gasteiger partial charge < -0.3 is 14.0 Å². The van der Waals surface area contributed by atoms with Crippen LogP contribution < -0.4 is 9.47 Å². The molecule has 0 spiro atoms. The highest BCUT2D eigenvalue weighted by molar-refractivity contribution is 5.47. The second-order valence-corrected chi connectivity index (χ2v) is 7.04. The van der Waals surface area contributed by atoms with E-state index in [1.165, 1.54) is 29.8 Å². The molecule has 0 bridgehead atoms. The Kier molecular flexibility index (Phi) is 5.63. The normalized spacial score (nSPS) is 18.3. The minimum Gasteiger partial charge on any atom is -0.493 e.